The van der Waals surface area contributed by atoms with Gasteiger partial charge in [-0.1, -0.05) is 60.7 Å². The van der Waals surface area contributed by atoms with Crippen molar-refractivity contribution in [2.45, 2.75) is 23.1 Å². The number of anilines is 2. The third-order valence-corrected chi connectivity index (χ3v) is 6.88. The predicted octanol–water partition coefficient (Wildman–Crippen LogP) is 6.17. The minimum Gasteiger partial charge on any atom is -0.481 e. The summed E-state index contributed by atoms with van der Waals surface area (Å²) in [7, 11) is 0. The normalized spacial score (nSPS) is 11.9. The van der Waals surface area contributed by atoms with Gasteiger partial charge >= 0.3 is 5.97 Å². The topological polar surface area (TPSA) is 117 Å². The average Bonchev–Trinajstić information content (AvgIpc) is 2.94. The van der Waals surface area contributed by atoms with Gasteiger partial charge in [0.15, 0.2) is 5.96 Å². The summed E-state index contributed by atoms with van der Waals surface area (Å²) in [6, 6.07) is 33.7. The van der Waals surface area contributed by atoms with Gasteiger partial charge in [-0.25, -0.2) is 4.99 Å². The Morgan fingerprint density at radius 2 is 1.37 bits per heavy atom. The Kier molecular flexibility index (Phi) is 9.15. The summed E-state index contributed by atoms with van der Waals surface area (Å²) in [5.74, 6) is -0.795. The zero-order valence-corrected chi connectivity index (χ0v) is 21.4. The highest BCUT2D eigenvalue weighted by Crippen LogP contribution is 2.38. The molecule has 0 aliphatic heterocycles. The highest BCUT2D eigenvalue weighted by molar-refractivity contribution is 7.99. The van der Waals surface area contributed by atoms with Crippen LogP contribution in [0.2, 0.25) is 0 Å². The number of guanidine groups is 1. The molecule has 0 aliphatic rings. The number of carbonyl (C=O) groups excluding carboxylic acids is 1. The van der Waals surface area contributed by atoms with Gasteiger partial charge in [-0.3, -0.25) is 9.59 Å². The van der Waals surface area contributed by atoms with Crippen LogP contribution in [0.4, 0.5) is 11.4 Å². The van der Waals surface area contributed by atoms with Crippen molar-refractivity contribution in [1.29, 1.82) is 0 Å². The van der Waals surface area contributed by atoms with Gasteiger partial charge in [-0.15, -0.1) is 11.8 Å². The number of hydrogen-bond acceptors (Lipinski definition) is 4. The second-order valence-electron chi connectivity index (χ2n) is 8.48. The van der Waals surface area contributed by atoms with Crippen molar-refractivity contribution < 1.29 is 14.7 Å². The number of carbonyl (C=O) groups is 2. The maximum Gasteiger partial charge on any atom is 0.304 e. The van der Waals surface area contributed by atoms with E-state index in [0.717, 1.165) is 21.7 Å². The van der Waals surface area contributed by atoms with Crippen LogP contribution >= 0.6 is 11.8 Å². The molecular formula is C30H28N4O3S. The Bertz CT molecular complexity index is 1380. The van der Waals surface area contributed by atoms with Gasteiger partial charge in [-0.05, 0) is 59.7 Å². The second-order valence-corrected chi connectivity index (χ2v) is 9.76. The number of aliphatic imine (C=N–C) groups is 1. The van der Waals surface area contributed by atoms with Crippen LogP contribution in [0, 0.1) is 0 Å². The quantitative estimate of drug-likeness (QED) is 0.112. The number of hydrogen-bond donors (Lipinski definition) is 4. The number of rotatable bonds is 10. The molecule has 0 aromatic heterocycles. The first-order valence-corrected chi connectivity index (χ1v) is 12.9. The van der Waals surface area contributed by atoms with Gasteiger partial charge in [0, 0.05) is 27.1 Å². The number of nitrogens with one attached hydrogen (secondary N) is 2. The van der Waals surface area contributed by atoms with Gasteiger partial charge in [0.05, 0.1) is 13.0 Å². The van der Waals surface area contributed by atoms with E-state index in [4.69, 9.17) is 5.73 Å². The predicted molar refractivity (Wildman–Crippen MR) is 154 cm³/mol. The van der Waals surface area contributed by atoms with Crippen LogP contribution in [0.5, 0.6) is 0 Å². The fourth-order valence-electron chi connectivity index (χ4n) is 3.69. The van der Waals surface area contributed by atoms with Gasteiger partial charge < -0.3 is 21.5 Å². The Labute approximate surface area is 225 Å². The van der Waals surface area contributed by atoms with E-state index in [1.165, 1.54) is 11.8 Å². The Hall–Kier alpha value is -4.56. The van der Waals surface area contributed by atoms with Gasteiger partial charge in [0.25, 0.3) is 5.91 Å². The van der Waals surface area contributed by atoms with Crippen molar-refractivity contribution in [3.63, 3.8) is 0 Å². The minimum atomic E-state index is -0.849. The Morgan fingerprint density at radius 3 is 2.00 bits per heavy atom. The summed E-state index contributed by atoms with van der Waals surface area (Å²) in [5.41, 5.74) is 9.88. The zero-order chi connectivity index (χ0) is 26.7. The highest BCUT2D eigenvalue weighted by Gasteiger charge is 2.17. The number of benzene rings is 4. The monoisotopic (exact) mass is 524 g/mol. The number of carboxylic acids is 1. The molecule has 0 heterocycles. The molecule has 1 amide bonds. The molecule has 5 N–H and O–H groups in total. The Morgan fingerprint density at radius 1 is 0.789 bits per heavy atom. The van der Waals surface area contributed by atoms with E-state index in [9.17, 15) is 14.7 Å². The number of nitrogens with zero attached hydrogens (tertiary/aromatic N) is 1. The molecule has 1 unspecified atom stereocenters. The van der Waals surface area contributed by atoms with E-state index in [2.05, 4.69) is 15.6 Å². The number of carboxylic acid groups (broad SMARTS) is 1. The third-order valence-electron chi connectivity index (χ3n) is 5.62. The number of nitrogens with two attached hydrogens (primary N) is 1. The lowest BCUT2D eigenvalue weighted by Gasteiger charge is -2.15. The lowest BCUT2D eigenvalue weighted by Crippen LogP contribution is -2.22. The molecule has 38 heavy (non-hydrogen) atoms. The molecule has 4 rings (SSSR count). The minimum absolute atomic E-state index is 0.0164. The second kappa shape index (κ2) is 13.1. The van der Waals surface area contributed by atoms with Crippen LogP contribution in [0.3, 0.4) is 0 Å². The first-order valence-electron chi connectivity index (χ1n) is 12.0. The van der Waals surface area contributed by atoms with E-state index >= 15 is 0 Å². The fraction of sp³-hybridized carbons (Fsp3) is 0.100. The SMILES string of the molecule is NC(=NCc1ccccc1)Nc1ccc(C(=O)Nc2ccc(SC(CC(=O)O)c3ccccc3)cc2)cc1. The van der Waals surface area contributed by atoms with E-state index in [-0.39, 0.29) is 17.6 Å². The van der Waals surface area contributed by atoms with Crippen LogP contribution in [0.15, 0.2) is 119 Å². The molecule has 0 saturated heterocycles. The average molecular weight is 525 g/mol. The van der Waals surface area contributed by atoms with Crippen LogP contribution in [0.1, 0.15) is 33.2 Å². The van der Waals surface area contributed by atoms with Crippen LogP contribution < -0.4 is 16.4 Å². The molecule has 0 bridgehead atoms. The van der Waals surface area contributed by atoms with E-state index in [1.807, 2.05) is 84.9 Å². The number of amides is 1. The van der Waals surface area contributed by atoms with Gasteiger partial charge in [0.1, 0.15) is 0 Å². The summed E-state index contributed by atoms with van der Waals surface area (Å²) in [4.78, 5) is 29.3. The van der Waals surface area contributed by atoms with Crippen molar-refractivity contribution in [3.05, 3.63) is 126 Å². The van der Waals surface area contributed by atoms with Crippen molar-refractivity contribution in [2.75, 3.05) is 10.6 Å². The zero-order valence-electron chi connectivity index (χ0n) is 20.6. The third kappa shape index (κ3) is 7.97. The van der Waals surface area contributed by atoms with E-state index < -0.39 is 5.97 Å². The van der Waals surface area contributed by atoms with E-state index in [1.54, 1.807) is 24.3 Å². The van der Waals surface area contributed by atoms with Crippen molar-refractivity contribution in [1.82, 2.24) is 0 Å². The summed E-state index contributed by atoms with van der Waals surface area (Å²) < 4.78 is 0. The lowest BCUT2D eigenvalue weighted by atomic mass is 10.1. The van der Waals surface area contributed by atoms with Gasteiger partial charge in [0.2, 0.25) is 0 Å². The molecule has 192 valence electrons. The smallest absolute Gasteiger partial charge is 0.304 e. The summed E-state index contributed by atoms with van der Waals surface area (Å²) in [6.45, 7) is 0.476. The maximum atomic E-state index is 12.7. The van der Waals surface area contributed by atoms with Crippen molar-refractivity contribution >= 4 is 41.0 Å². The lowest BCUT2D eigenvalue weighted by molar-refractivity contribution is -0.137. The molecule has 4 aromatic carbocycles. The molecule has 4 aromatic rings. The Balaban J connectivity index is 1.32. The summed E-state index contributed by atoms with van der Waals surface area (Å²) in [6.07, 6.45) is 0.0164. The summed E-state index contributed by atoms with van der Waals surface area (Å²) >= 11 is 1.48. The largest absolute Gasteiger partial charge is 0.481 e. The molecular weight excluding hydrogens is 496 g/mol. The maximum absolute atomic E-state index is 12.7. The fourth-order valence-corrected chi connectivity index (χ4v) is 4.83. The molecule has 0 saturated carbocycles. The molecule has 0 spiro atoms. The molecule has 7 nitrogen and oxygen atoms in total. The first kappa shape index (κ1) is 26.5. The summed E-state index contributed by atoms with van der Waals surface area (Å²) in [5, 5.41) is 15.0. The molecule has 0 aliphatic carbocycles. The number of aliphatic carboxylic acids is 1. The van der Waals surface area contributed by atoms with Crippen molar-refractivity contribution in [2.24, 2.45) is 10.7 Å². The van der Waals surface area contributed by atoms with Crippen molar-refractivity contribution in [3.8, 4) is 0 Å². The van der Waals surface area contributed by atoms with Crippen LogP contribution in [-0.2, 0) is 11.3 Å². The highest BCUT2D eigenvalue weighted by atomic mass is 32.2. The van der Waals surface area contributed by atoms with Gasteiger partial charge in [-0.2, -0.15) is 0 Å². The standard InChI is InChI=1S/C30H28N4O3S/c31-30(32-20-21-7-3-1-4-8-21)34-25-13-11-23(12-14-25)29(37)33-24-15-17-26(18-16-24)38-27(19-28(35)36)22-9-5-2-6-10-22/h1-18,27H,19-20H2,(H,33,37)(H,35,36)(H3,31,32,34). The van der Waals surface area contributed by atoms with E-state index in [0.29, 0.717) is 23.8 Å². The first-order chi connectivity index (χ1) is 18.5. The number of thioether (sulfide) groups is 1. The molecule has 8 heteroatoms. The molecule has 1 atom stereocenters. The molecule has 0 fully saturated rings. The van der Waals surface area contributed by atoms with Crippen LogP contribution in [-0.4, -0.2) is 22.9 Å². The molecule has 0 radical (unpaired) electrons. The van der Waals surface area contributed by atoms with Crippen LogP contribution in [0.25, 0.3) is 0 Å².